The van der Waals surface area contributed by atoms with Crippen molar-refractivity contribution in [2.24, 2.45) is 4.99 Å². The number of nitrogens with one attached hydrogen (secondary N) is 2. The lowest BCUT2D eigenvalue weighted by Crippen LogP contribution is -2.44. The number of methoxy groups -OCH3 is 2. The predicted octanol–water partition coefficient (Wildman–Crippen LogP) is 3.70. The van der Waals surface area contributed by atoms with Gasteiger partial charge in [-0.1, -0.05) is 12.1 Å². The molecule has 0 heterocycles. The zero-order valence-corrected chi connectivity index (χ0v) is 21.8. The van der Waals surface area contributed by atoms with Gasteiger partial charge in [0, 0.05) is 19.7 Å². The lowest BCUT2D eigenvalue weighted by atomic mass is 10.1. The molecule has 0 radical (unpaired) electrons. The molecule has 0 aromatic heterocycles. The van der Waals surface area contributed by atoms with Crippen LogP contribution < -0.4 is 24.8 Å². The van der Waals surface area contributed by atoms with Gasteiger partial charge in [0.05, 0.1) is 26.8 Å². The van der Waals surface area contributed by atoms with Crippen molar-refractivity contribution in [3.8, 4) is 17.2 Å². The second-order valence-corrected chi connectivity index (χ2v) is 7.31. The highest BCUT2D eigenvalue weighted by atomic mass is 127. The first kappa shape index (κ1) is 27.8. The highest BCUT2D eigenvalue weighted by Gasteiger charge is 2.17. The smallest absolute Gasteiger partial charge is 0.191 e. The minimum atomic E-state index is -0.319. The van der Waals surface area contributed by atoms with E-state index in [1.165, 1.54) is 12.1 Å². The molecule has 0 spiro atoms. The van der Waals surface area contributed by atoms with Gasteiger partial charge in [0.1, 0.15) is 17.7 Å². The molecule has 0 saturated carbocycles. The molecule has 0 aliphatic rings. The molecular weight excluding hydrogens is 526 g/mol. The van der Waals surface area contributed by atoms with Gasteiger partial charge in [-0.05, 0) is 50.8 Å². The molecule has 178 valence electrons. The number of guanidine groups is 1. The maximum absolute atomic E-state index is 13.3. The maximum atomic E-state index is 13.3. The van der Waals surface area contributed by atoms with E-state index in [0.29, 0.717) is 36.3 Å². The molecule has 0 aliphatic carbocycles. The monoisotopic (exact) mass is 560 g/mol. The molecule has 2 aromatic rings. The van der Waals surface area contributed by atoms with E-state index in [-0.39, 0.29) is 41.9 Å². The molecule has 9 heteroatoms. The second kappa shape index (κ2) is 14.0. The minimum Gasteiger partial charge on any atom is -0.493 e. The normalized spacial score (nSPS) is 13.1. The van der Waals surface area contributed by atoms with Gasteiger partial charge in [0.15, 0.2) is 17.5 Å². The van der Waals surface area contributed by atoms with Crippen LogP contribution in [0.5, 0.6) is 17.2 Å². The fraction of sp³-hybridized carbons (Fsp3) is 0.435. The first-order valence-electron chi connectivity index (χ1n) is 10.1. The van der Waals surface area contributed by atoms with E-state index in [4.69, 9.17) is 14.2 Å². The van der Waals surface area contributed by atoms with Crippen molar-refractivity contribution in [1.29, 1.82) is 0 Å². The Labute approximate surface area is 207 Å². The van der Waals surface area contributed by atoms with Crippen molar-refractivity contribution in [3.63, 3.8) is 0 Å². The Kier molecular flexibility index (Phi) is 12.1. The Morgan fingerprint density at radius 2 is 1.72 bits per heavy atom. The first-order chi connectivity index (χ1) is 14.9. The molecule has 0 bridgehead atoms. The quantitative estimate of drug-likeness (QED) is 0.263. The number of hydrogen-bond donors (Lipinski definition) is 2. The summed E-state index contributed by atoms with van der Waals surface area (Å²) in [7, 11) is 9.01. The van der Waals surface area contributed by atoms with Gasteiger partial charge in [-0.25, -0.2) is 4.39 Å². The number of nitrogens with zero attached hydrogens (tertiary/aromatic N) is 2. The Morgan fingerprint density at radius 1 is 1.03 bits per heavy atom. The summed E-state index contributed by atoms with van der Waals surface area (Å²) in [6.45, 7) is 3.05. The van der Waals surface area contributed by atoms with Crippen LogP contribution in [0, 0.1) is 5.82 Å². The van der Waals surface area contributed by atoms with Gasteiger partial charge < -0.3 is 29.7 Å². The Balaban J connectivity index is 0.00000512. The van der Waals surface area contributed by atoms with Gasteiger partial charge in [0.2, 0.25) is 0 Å². The van der Waals surface area contributed by atoms with Crippen molar-refractivity contribution in [3.05, 3.63) is 53.8 Å². The summed E-state index contributed by atoms with van der Waals surface area (Å²) >= 11 is 0. The van der Waals surface area contributed by atoms with Crippen LogP contribution in [0.4, 0.5) is 4.39 Å². The summed E-state index contributed by atoms with van der Waals surface area (Å²) in [5, 5.41) is 6.60. The molecule has 32 heavy (non-hydrogen) atoms. The number of ether oxygens (including phenoxy) is 3. The number of rotatable bonds is 10. The fourth-order valence-corrected chi connectivity index (χ4v) is 3.13. The van der Waals surface area contributed by atoms with E-state index in [9.17, 15) is 4.39 Å². The fourth-order valence-electron chi connectivity index (χ4n) is 3.13. The lowest BCUT2D eigenvalue weighted by molar-refractivity contribution is 0.222. The van der Waals surface area contributed by atoms with E-state index in [1.54, 1.807) is 33.4 Å². The maximum Gasteiger partial charge on any atom is 0.191 e. The average molecular weight is 560 g/mol. The SMILES string of the molecule is CN=C(NCC(C)Oc1cccc(F)c1)NCC(c1ccc(OC)c(OC)c1)N(C)C.I. The second-order valence-electron chi connectivity index (χ2n) is 7.31. The van der Waals surface area contributed by atoms with Crippen molar-refractivity contribution in [2.75, 3.05) is 48.5 Å². The molecule has 2 atom stereocenters. The van der Waals surface area contributed by atoms with E-state index >= 15 is 0 Å². The summed E-state index contributed by atoms with van der Waals surface area (Å²) in [6, 6.07) is 12.1. The van der Waals surface area contributed by atoms with Crippen LogP contribution in [0.25, 0.3) is 0 Å². The molecule has 0 saturated heterocycles. The van der Waals surface area contributed by atoms with Crippen LogP contribution in [0.2, 0.25) is 0 Å². The Morgan fingerprint density at radius 3 is 2.31 bits per heavy atom. The molecule has 2 aromatic carbocycles. The molecule has 0 amide bonds. The molecular formula is C23H34FIN4O3. The van der Waals surface area contributed by atoms with Crippen LogP contribution in [0.15, 0.2) is 47.5 Å². The number of benzene rings is 2. The van der Waals surface area contributed by atoms with Gasteiger partial charge in [-0.3, -0.25) is 4.99 Å². The van der Waals surface area contributed by atoms with Crippen LogP contribution in [0.3, 0.4) is 0 Å². The molecule has 2 unspecified atom stereocenters. The third kappa shape index (κ3) is 8.34. The standard InChI is InChI=1S/C23H33FN4O3.HI/c1-16(31-19-9-7-8-18(24)13-19)14-26-23(25-2)27-15-20(28(3)4)17-10-11-21(29-5)22(12-17)30-6;/h7-13,16,20H,14-15H2,1-6H3,(H2,25,26,27);1H. The third-order valence-corrected chi connectivity index (χ3v) is 4.79. The molecule has 7 nitrogen and oxygen atoms in total. The van der Waals surface area contributed by atoms with Crippen molar-refractivity contribution >= 4 is 29.9 Å². The number of hydrogen-bond acceptors (Lipinski definition) is 5. The van der Waals surface area contributed by atoms with Gasteiger partial charge in [-0.2, -0.15) is 0 Å². The van der Waals surface area contributed by atoms with E-state index in [2.05, 4.69) is 20.5 Å². The molecule has 0 fully saturated rings. The number of likely N-dealkylation sites (N-methyl/N-ethyl adjacent to an activating group) is 1. The number of aliphatic imine (C=N–C) groups is 1. The topological polar surface area (TPSA) is 67.4 Å². The van der Waals surface area contributed by atoms with Crippen molar-refractivity contribution in [2.45, 2.75) is 19.1 Å². The molecule has 2 rings (SSSR count). The lowest BCUT2D eigenvalue weighted by Gasteiger charge is -2.27. The zero-order chi connectivity index (χ0) is 22.8. The third-order valence-electron chi connectivity index (χ3n) is 4.79. The van der Waals surface area contributed by atoms with E-state index in [1.807, 2.05) is 39.2 Å². The Bertz CT molecular complexity index is 867. The van der Waals surface area contributed by atoms with Gasteiger partial charge in [0.25, 0.3) is 0 Å². The van der Waals surface area contributed by atoms with Crippen LogP contribution >= 0.6 is 24.0 Å². The summed E-state index contributed by atoms with van der Waals surface area (Å²) < 4.78 is 29.8. The van der Waals surface area contributed by atoms with Crippen LogP contribution in [-0.2, 0) is 0 Å². The molecule has 0 aliphatic heterocycles. The molecule has 2 N–H and O–H groups in total. The minimum absolute atomic E-state index is 0. The van der Waals surface area contributed by atoms with Crippen molar-refractivity contribution in [1.82, 2.24) is 15.5 Å². The van der Waals surface area contributed by atoms with Crippen LogP contribution in [0.1, 0.15) is 18.5 Å². The summed E-state index contributed by atoms with van der Waals surface area (Å²) in [5.74, 6) is 2.22. The van der Waals surface area contributed by atoms with Crippen molar-refractivity contribution < 1.29 is 18.6 Å². The zero-order valence-electron chi connectivity index (χ0n) is 19.5. The van der Waals surface area contributed by atoms with Crippen LogP contribution in [-0.4, -0.2) is 65.4 Å². The highest BCUT2D eigenvalue weighted by molar-refractivity contribution is 14.0. The average Bonchev–Trinajstić information content (AvgIpc) is 2.75. The predicted molar refractivity (Wildman–Crippen MR) is 137 cm³/mol. The summed E-state index contributed by atoms with van der Waals surface area (Å²) in [4.78, 5) is 6.41. The largest absolute Gasteiger partial charge is 0.493 e. The van der Waals surface area contributed by atoms with E-state index in [0.717, 1.165) is 5.56 Å². The summed E-state index contributed by atoms with van der Waals surface area (Å²) in [6.07, 6.45) is -0.171. The van der Waals surface area contributed by atoms with Gasteiger partial charge >= 0.3 is 0 Å². The highest BCUT2D eigenvalue weighted by Crippen LogP contribution is 2.31. The first-order valence-corrected chi connectivity index (χ1v) is 10.1. The van der Waals surface area contributed by atoms with E-state index < -0.39 is 0 Å². The number of halogens is 2. The summed E-state index contributed by atoms with van der Waals surface area (Å²) in [5.41, 5.74) is 1.09. The Hall–Kier alpha value is -2.27. The van der Waals surface area contributed by atoms with Gasteiger partial charge in [-0.15, -0.1) is 24.0 Å².